The Morgan fingerprint density at radius 3 is 2.41 bits per heavy atom. The van der Waals surface area contributed by atoms with Gasteiger partial charge in [-0.15, -0.1) is 11.6 Å². The molecule has 0 radical (unpaired) electrons. The molecule has 0 aliphatic carbocycles. The maximum absolute atomic E-state index is 12.0. The molecule has 1 rings (SSSR count). The van der Waals surface area contributed by atoms with Crippen molar-refractivity contribution in [1.29, 1.82) is 0 Å². The lowest BCUT2D eigenvalue weighted by atomic mass is 10.1. The average molecular weight is 264 g/mol. The number of halogens is 3. The number of rotatable bonds is 5. The van der Waals surface area contributed by atoms with Gasteiger partial charge in [0, 0.05) is 18.0 Å². The molecule has 1 amide bonds. The first-order valence-corrected chi connectivity index (χ1v) is 5.47. The monoisotopic (exact) mass is 263 g/mol. The van der Waals surface area contributed by atoms with Gasteiger partial charge in [-0.1, -0.05) is 12.1 Å². The van der Waals surface area contributed by atoms with Gasteiger partial charge in [-0.05, 0) is 17.7 Å². The molecular formula is C11H12ClF2NO2. The van der Waals surface area contributed by atoms with E-state index in [2.05, 4.69) is 5.32 Å². The zero-order valence-electron chi connectivity index (χ0n) is 8.87. The van der Waals surface area contributed by atoms with Gasteiger partial charge in [-0.2, -0.15) is 0 Å². The lowest BCUT2D eigenvalue weighted by Gasteiger charge is -2.10. The van der Waals surface area contributed by atoms with Crippen molar-refractivity contribution < 1.29 is 18.7 Å². The minimum Gasteiger partial charge on any atom is -0.385 e. The highest BCUT2D eigenvalue weighted by molar-refractivity contribution is 6.17. The molecule has 94 valence electrons. The Kier molecular flexibility index (Phi) is 5.31. The Morgan fingerprint density at radius 1 is 1.35 bits per heavy atom. The van der Waals surface area contributed by atoms with Gasteiger partial charge >= 0.3 is 0 Å². The number of aliphatic hydroxyl groups is 1. The van der Waals surface area contributed by atoms with E-state index < -0.39 is 25.0 Å². The van der Waals surface area contributed by atoms with Crippen molar-refractivity contribution in [2.24, 2.45) is 0 Å². The summed E-state index contributed by atoms with van der Waals surface area (Å²) in [6, 6.07) is 6.43. The van der Waals surface area contributed by atoms with Crippen LogP contribution in [0, 0.1) is 0 Å². The van der Waals surface area contributed by atoms with Crippen molar-refractivity contribution >= 4 is 17.5 Å². The number of hydrogen-bond acceptors (Lipinski definition) is 2. The predicted molar refractivity (Wildman–Crippen MR) is 60.3 cm³/mol. The van der Waals surface area contributed by atoms with Crippen molar-refractivity contribution in [1.82, 2.24) is 5.32 Å². The number of aliphatic hydroxyl groups excluding tert-OH is 1. The van der Waals surface area contributed by atoms with E-state index in [1.54, 1.807) is 24.3 Å². The Hall–Kier alpha value is -1.20. The van der Waals surface area contributed by atoms with Crippen LogP contribution in [0.3, 0.4) is 0 Å². The number of carbonyl (C=O) groups is 1. The van der Waals surface area contributed by atoms with E-state index in [1.807, 2.05) is 0 Å². The van der Waals surface area contributed by atoms with Crippen LogP contribution in [0.2, 0.25) is 0 Å². The molecule has 1 atom stereocenters. The van der Waals surface area contributed by atoms with E-state index in [-0.39, 0.29) is 0 Å². The minimum atomic E-state index is -2.87. The summed E-state index contributed by atoms with van der Waals surface area (Å²) in [6.07, 6.45) is -4.71. The molecule has 0 saturated carbocycles. The molecule has 0 aliphatic rings. The van der Waals surface area contributed by atoms with Crippen molar-refractivity contribution in [2.45, 2.75) is 18.4 Å². The van der Waals surface area contributed by atoms with Gasteiger partial charge in [-0.3, -0.25) is 4.79 Å². The second-order valence-corrected chi connectivity index (χ2v) is 3.71. The molecule has 0 aromatic heterocycles. The molecule has 1 unspecified atom stereocenters. The summed E-state index contributed by atoms with van der Waals surface area (Å²) >= 11 is 5.58. The van der Waals surface area contributed by atoms with E-state index in [0.717, 1.165) is 5.56 Å². The van der Waals surface area contributed by atoms with E-state index in [4.69, 9.17) is 16.7 Å². The third kappa shape index (κ3) is 4.28. The average Bonchev–Trinajstić information content (AvgIpc) is 2.35. The normalized spacial score (nSPS) is 12.5. The molecule has 3 nitrogen and oxygen atoms in total. The highest BCUT2D eigenvalue weighted by atomic mass is 35.5. The fourth-order valence-electron chi connectivity index (χ4n) is 1.13. The first-order valence-electron chi connectivity index (χ1n) is 4.94. The Labute approximate surface area is 102 Å². The predicted octanol–water partition coefficient (Wildman–Crippen LogP) is 1.78. The van der Waals surface area contributed by atoms with Crippen LogP contribution in [-0.4, -0.2) is 30.1 Å². The molecular weight excluding hydrogens is 252 g/mol. The topological polar surface area (TPSA) is 49.3 Å². The Balaban J connectivity index is 2.52. The van der Waals surface area contributed by atoms with Gasteiger partial charge in [0.15, 0.2) is 0 Å². The van der Waals surface area contributed by atoms with Crippen LogP contribution < -0.4 is 5.32 Å². The first kappa shape index (κ1) is 13.9. The molecule has 0 bridgehead atoms. The number of alkyl halides is 3. The molecule has 17 heavy (non-hydrogen) atoms. The van der Waals surface area contributed by atoms with Gasteiger partial charge < -0.3 is 10.4 Å². The number of benzene rings is 1. The molecule has 2 N–H and O–H groups in total. The van der Waals surface area contributed by atoms with Crippen LogP contribution >= 0.6 is 11.6 Å². The first-order chi connectivity index (χ1) is 8.04. The summed E-state index contributed by atoms with van der Waals surface area (Å²) < 4.78 is 23.9. The second-order valence-electron chi connectivity index (χ2n) is 3.44. The summed E-state index contributed by atoms with van der Waals surface area (Å²) in [4.78, 5) is 11.5. The smallest absolute Gasteiger partial charge is 0.265 e. The van der Waals surface area contributed by atoms with Gasteiger partial charge in [-0.25, -0.2) is 8.78 Å². The molecule has 0 heterocycles. The largest absolute Gasteiger partial charge is 0.385 e. The summed E-state index contributed by atoms with van der Waals surface area (Å²) in [7, 11) is 0. The molecule has 6 heteroatoms. The molecule has 0 saturated heterocycles. The third-order valence-electron chi connectivity index (χ3n) is 2.13. The summed E-state index contributed by atoms with van der Waals surface area (Å²) in [5.74, 6) is -0.169. The molecule has 1 aromatic rings. The highest BCUT2D eigenvalue weighted by Gasteiger charge is 2.17. The van der Waals surface area contributed by atoms with E-state index in [0.29, 0.717) is 11.4 Å². The quantitative estimate of drug-likeness (QED) is 0.796. The van der Waals surface area contributed by atoms with Crippen LogP contribution in [0.1, 0.15) is 15.9 Å². The summed E-state index contributed by atoms with van der Waals surface area (Å²) in [5, 5.41) is 11.0. The van der Waals surface area contributed by atoms with Crippen molar-refractivity contribution in [3.05, 3.63) is 35.4 Å². The van der Waals surface area contributed by atoms with Crippen molar-refractivity contribution in [3.8, 4) is 0 Å². The SMILES string of the molecule is O=C(NCC(O)C(F)F)c1ccc(CCl)cc1. The van der Waals surface area contributed by atoms with Crippen LogP contribution in [0.25, 0.3) is 0 Å². The summed E-state index contributed by atoms with van der Waals surface area (Å²) in [6.45, 7) is -0.478. The highest BCUT2D eigenvalue weighted by Crippen LogP contribution is 2.07. The van der Waals surface area contributed by atoms with Gasteiger partial charge in [0.1, 0.15) is 6.10 Å². The lowest BCUT2D eigenvalue weighted by molar-refractivity contribution is -0.00270. The zero-order valence-corrected chi connectivity index (χ0v) is 9.62. The summed E-state index contributed by atoms with van der Waals surface area (Å²) in [5.41, 5.74) is 1.19. The Bertz CT molecular complexity index is 370. The molecule has 0 fully saturated rings. The van der Waals surface area contributed by atoms with Crippen LogP contribution in [0.4, 0.5) is 8.78 Å². The molecule has 0 aliphatic heterocycles. The Morgan fingerprint density at radius 2 is 1.94 bits per heavy atom. The third-order valence-corrected chi connectivity index (χ3v) is 2.44. The number of amides is 1. The van der Waals surface area contributed by atoms with Gasteiger partial charge in [0.25, 0.3) is 12.3 Å². The standard InChI is InChI=1S/C11H12ClF2NO2/c12-5-7-1-3-8(4-2-7)11(17)15-6-9(16)10(13)14/h1-4,9-10,16H,5-6H2,(H,15,17). The van der Waals surface area contributed by atoms with Crippen molar-refractivity contribution in [2.75, 3.05) is 6.54 Å². The number of carbonyl (C=O) groups excluding carboxylic acids is 1. The van der Waals surface area contributed by atoms with Crippen LogP contribution in [0.5, 0.6) is 0 Å². The van der Waals surface area contributed by atoms with Gasteiger partial charge in [0.2, 0.25) is 0 Å². The van der Waals surface area contributed by atoms with Crippen LogP contribution in [-0.2, 0) is 5.88 Å². The van der Waals surface area contributed by atoms with Crippen LogP contribution in [0.15, 0.2) is 24.3 Å². The minimum absolute atomic E-state index is 0.334. The maximum atomic E-state index is 12.0. The molecule has 0 spiro atoms. The van der Waals surface area contributed by atoms with E-state index in [1.165, 1.54) is 0 Å². The van der Waals surface area contributed by atoms with E-state index >= 15 is 0 Å². The fraction of sp³-hybridized carbons (Fsp3) is 0.364. The number of hydrogen-bond donors (Lipinski definition) is 2. The lowest BCUT2D eigenvalue weighted by Crippen LogP contribution is -2.35. The van der Waals surface area contributed by atoms with E-state index in [9.17, 15) is 13.6 Å². The second kappa shape index (κ2) is 6.51. The van der Waals surface area contributed by atoms with Crippen molar-refractivity contribution in [3.63, 3.8) is 0 Å². The maximum Gasteiger partial charge on any atom is 0.265 e. The molecule has 1 aromatic carbocycles. The zero-order chi connectivity index (χ0) is 12.8. The fourth-order valence-corrected chi connectivity index (χ4v) is 1.31. The van der Waals surface area contributed by atoms with Gasteiger partial charge in [0.05, 0.1) is 0 Å². The number of nitrogens with one attached hydrogen (secondary N) is 1.